The number of nitrogens with zero attached hydrogens (tertiary/aromatic N) is 1. The van der Waals surface area contributed by atoms with E-state index < -0.39 is 17.5 Å². The van der Waals surface area contributed by atoms with E-state index in [-0.39, 0.29) is 40.8 Å². The lowest BCUT2D eigenvalue weighted by atomic mass is 9.44. The van der Waals surface area contributed by atoms with Gasteiger partial charge in [0.1, 0.15) is 0 Å². The molecule has 6 nitrogen and oxygen atoms in total. The summed E-state index contributed by atoms with van der Waals surface area (Å²) in [5.74, 6) is 0.535. The number of rotatable bonds is 3. The van der Waals surface area contributed by atoms with Crippen LogP contribution < -0.4 is 0 Å². The number of esters is 1. The molecule has 0 aromatic carbocycles. The van der Waals surface area contributed by atoms with Crippen molar-refractivity contribution in [2.75, 3.05) is 26.7 Å². The minimum atomic E-state index is -0.594. The average Bonchev–Trinajstić information content (AvgIpc) is 3.17. The number of ether oxygens (including phenoxy) is 1. The summed E-state index contributed by atoms with van der Waals surface area (Å²) in [5, 5.41) is 11.6. The molecule has 3 saturated carbocycles. The number of likely N-dealkylation sites (tertiary alicyclic amines) is 1. The van der Waals surface area contributed by atoms with Gasteiger partial charge in [-0.2, -0.15) is 0 Å². The third-order valence-electron chi connectivity index (χ3n) is 10.1. The fourth-order valence-corrected chi connectivity index (χ4v) is 8.93. The molecule has 0 aromatic rings. The van der Waals surface area contributed by atoms with E-state index in [9.17, 15) is 19.5 Å². The summed E-state index contributed by atoms with van der Waals surface area (Å²) in [6.07, 6.45) is 8.27. The second-order valence-corrected chi connectivity index (χ2v) is 11.5. The maximum absolute atomic E-state index is 13.7. The van der Waals surface area contributed by atoms with E-state index in [1.807, 2.05) is 6.08 Å². The summed E-state index contributed by atoms with van der Waals surface area (Å²) in [4.78, 5) is 39.4. The molecular formula is C26H35NO5. The fourth-order valence-electron chi connectivity index (χ4n) is 8.93. The Morgan fingerprint density at radius 1 is 1.31 bits per heavy atom. The Morgan fingerprint density at radius 2 is 2.06 bits per heavy atom. The van der Waals surface area contributed by atoms with Gasteiger partial charge in [-0.15, -0.1) is 0 Å². The SMILES string of the molecule is CC(=O)OCC(=O)C12CN(C)CC1CC1C3CCC4=CC(=O)C=CC4(C)C3C(O)CC12C. The van der Waals surface area contributed by atoms with Crippen molar-refractivity contribution in [1.82, 2.24) is 4.90 Å². The molecule has 1 heterocycles. The molecule has 0 aromatic heterocycles. The lowest BCUT2D eigenvalue weighted by molar-refractivity contribution is -0.164. The molecule has 8 atom stereocenters. The van der Waals surface area contributed by atoms with Gasteiger partial charge in [-0.3, -0.25) is 14.4 Å². The maximum Gasteiger partial charge on any atom is 0.303 e. The number of ketones is 2. The molecule has 6 heteroatoms. The number of fused-ring (bicyclic) bond motifs is 7. The first-order chi connectivity index (χ1) is 15.0. The predicted molar refractivity (Wildman–Crippen MR) is 118 cm³/mol. The first-order valence-corrected chi connectivity index (χ1v) is 12.0. The topological polar surface area (TPSA) is 83.9 Å². The van der Waals surface area contributed by atoms with Crippen LogP contribution in [0.25, 0.3) is 0 Å². The molecule has 5 rings (SSSR count). The predicted octanol–water partition coefficient (Wildman–Crippen LogP) is 2.56. The van der Waals surface area contributed by atoms with Crippen LogP contribution >= 0.6 is 0 Å². The van der Waals surface area contributed by atoms with E-state index >= 15 is 0 Å². The second-order valence-electron chi connectivity index (χ2n) is 11.5. The summed E-state index contributed by atoms with van der Waals surface area (Å²) in [6.45, 7) is 7.08. The lowest BCUT2D eigenvalue weighted by Crippen LogP contribution is -2.60. The van der Waals surface area contributed by atoms with E-state index in [1.165, 1.54) is 6.92 Å². The van der Waals surface area contributed by atoms with Gasteiger partial charge < -0.3 is 14.7 Å². The molecule has 0 spiro atoms. The van der Waals surface area contributed by atoms with Crippen LogP contribution in [0.3, 0.4) is 0 Å². The molecule has 0 amide bonds. The van der Waals surface area contributed by atoms with Crippen molar-refractivity contribution < 1.29 is 24.2 Å². The third kappa shape index (κ3) is 2.75. The highest BCUT2D eigenvalue weighted by Crippen LogP contribution is 2.72. The molecular weight excluding hydrogens is 406 g/mol. The third-order valence-corrected chi connectivity index (χ3v) is 10.1. The molecule has 4 fully saturated rings. The van der Waals surface area contributed by atoms with Crippen molar-refractivity contribution in [1.29, 1.82) is 0 Å². The summed E-state index contributed by atoms with van der Waals surface area (Å²) in [6, 6.07) is 0. The minimum Gasteiger partial charge on any atom is -0.458 e. The maximum atomic E-state index is 13.7. The Kier molecular flexibility index (Phi) is 4.89. The van der Waals surface area contributed by atoms with Crippen LogP contribution in [0.5, 0.6) is 0 Å². The molecule has 174 valence electrons. The Hall–Kier alpha value is -1.79. The van der Waals surface area contributed by atoms with Crippen LogP contribution in [0.15, 0.2) is 23.8 Å². The standard InChI is InChI=1S/C26H35NO5/c1-15(28)32-13-22(31)26-14-27(4)12-17(26)10-20-19-6-5-16-9-18(29)7-8-24(16,2)23(19)21(30)11-25(20,26)3/h7-9,17,19-21,23,30H,5-6,10-14H2,1-4H3. The van der Waals surface area contributed by atoms with Crippen LogP contribution in [0.4, 0.5) is 0 Å². The summed E-state index contributed by atoms with van der Waals surface area (Å²) >= 11 is 0. The van der Waals surface area contributed by atoms with Crippen LogP contribution in [0.2, 0.25) is 0 Å². The van der Waals surface area contributed by atoms with Gasteiger partial charge in [-0.25, -0.2) is 0 Å². The molecule has 1 aliphatic heterocycles. The van der Waals surface area contributed by atoms with Gasteiger partial charge in [0.15, 0.2) is 18.2 Å². The second kappa shape index (κ2) is 7.10. The fraction of sp³-hybridized carbons (Fsp3) is 0.731. The zero-order valence-corrected chi connectivity index (χ0v) is 19.6. The van der Waals surface area contributed by atoms with E-state index in [0.717, 1.165) is 31.4 Å². The first kappa shape index (κ1) is 22.0. The molecule has 0 radical (unpaired) electrons. The van der Waals surface area contributed by atoms with Gasteiger partial charge in [0, 0.05) is 31.3 Å². The largest absolute Gasteiger partial charge is 0.458 e. The van der Waals surface area contributed by atoms with Crippen molar-refractivity contribution in [2.24, 2.45) is 39.9 Å². The van der Waals surface area contributed by atoms with Gasteiger partial charge in [0.2, 0.25) is 0 Å². The molecule has 8 unspecified atom stereocenters. The molecule has 5 aliphatic rings. The number of hydrogen-bond acceptors (Lipinski definition) is 6. The van der Waals surface area contributed by atoms with Gasteiger partial charge in [-0.05, 0) is 68.1 Å². The van der Waals surface area contributed by atoms with Crippen LogP contribution in [-0.2, 0) is 19.1 Å². The zero-order valence-electron chi connectivity index (χ0n) is 19.6. The number of Topliss-reactive ketones (excluding diaryl/α,β-unsaturated/α-hetero) is 1. The number of allylic oxidation sites excluding steroid dienone is 4. The van der Waals surface area contributed by atoms with E-state index in [1.54, 1.807) is 12.2 Å². The smallest absolute Gasteiger partial charge is 0.303 e. The van der Waals surface area contributed by atoms with Crippen molar-refractivity contribution in [2.45, 2.75) is 52.6 Å². The summed E-state index contributed by atoms with van der Waals surface area (Å²) in [5.41, 5.74) is -0.0941. The zero-order chi connectivity index (χ0) is 23.1. The average molecular weight is 442 g/mol. The van der Waals surface area contributed by atoms with Gasteiger partial charge in [0.05, 0.1) is 11.5 Å². The molecule has 4 aliphatic carbocycles. The number of aliphatic hydroxyl groups is 1. The number of hydrogen-bond donors (Lipinski definition) is 1. The highest BCUT2D eigenvalue weighted by atomic mass is 16.5. The minimum absolute atomic E-state index is 0.0171. The van der Waals surface area contributed by atoms with Crippen LogP contribution in [0.1, 0.15) is 46.5 Å². The normalized spacial score (nSPS) is 47.2. The van der Waals surface area contributed by atoms with Gasteiger partial charge in [-0.1, -0.05) is 25.5 Å². The Bertz CT molecular complexity index is 939. The van der Waals surface area contributed by atoms with Crippen LogP contribution in [-0.4, -0.2) is 60.4 Å². The Balaban J connectivity index is 1.54. The number of carbonyl (C=O) groups is 3. The first-order valence-electron chi connectivity index (χ1n) is 12.0. The van der Waals surface area contributed by atoms with Crippen molar-refractivity contribution >= 4 is 17.5 Å². The highest BCUT2D eigenvalue weighted by molar-refractivity contribution is 6.01. The molecule has 0 bridgehead atoms. The van der Waals surface area contributed by atoms with Crippen molar-refractivity contribution in [3.05, 3.63) is 23.8 Å². The van der Waals surface area contributed by atoms with Crippen LogP contribution in [0, 0.1) is 39.9 Å². The number of carbonyl (C=O) groups excluding carboxylic acids is 3. The van der Waals surface area contributed by atoms with E-state index in [2.05, 4.69) is 25.8 Å². The van der Waals surface area contributed by atoms with Gasteiger partial charge in [0.25, 0.3) is 0 Å². The van der Waals surface area contributed by atoms with E-state index in [4.69, 9.17) is 4.74 Å². The van der Waals surface area contributed by atoms with Crippen molar-refractivity contribution in [3.63, 3.8) is 0 Å². The van der Waals surface area contributed by atoms with Gasteiger partial charge >= 0.3 is 5.97 Å². The summed E-state index contributed by atoms with van der Waals surface area (Å²) in [7, 11) is 2.06. The quantitative estimate of drug-likeness (QED) is 0.678. The Labute approximate surface area is 190 Å². The molecule has 1 saturated heterocycles. The highest BCUT2D eigenvalue weighted by Gasteiger charge is 2.73. The molecule has 1 N–H and O–H groups in total. The number of aliphatic hydroxyl groups excluding tert-OH is 1. The lowest BCUT2D eigenvalue weighted by Gasteiger charge is -2.60. The molecule has 32 heavy (non-hydrogen) atoms. The van der Waals surface area contributed by atoms with E-state index in [0.29, 0.717) is 24.8 Å². The summed E-state index contributed by atoms with van der Waals surface area (Å²) < 4.78 is 5.19. The Morgan fingerprint density at radius 3 is 2.78 bits per heavy atom. The van der Waals surface area contributed by atoms with Crippen molar-refractivity contribution in [3.8, 4) is 0 Å². The monoisotopic (exact) mass is 441 g/mol.